The highest BCUT2D eigenvalue weighted by Gasteiger charge is 2.27. The Balaban J connectivity index is 2.03. The third-order valence-electron chi connectivity index (χ3n) is 3.19. The van der Waals surface area contributed by atoms with Crippen LogP contribution >= 0.6 is 15.9 Å². The molecule has 110 valence electrons. The van der Waals surface area contributed by atoms with Crippen molar-refractivity contribution in [3.05, 3.63) is 28.0 Å². The fourth-order valence-electron chi connectivity index (χ4n) is 1.99. The molecule has 2 rings (SSSR count). The number of ether oxygens (including phenoxy) is 1. The highest BCUT2D eigenvalue weighted by atomic mass is 79.9. The smallest absolute Gasteiger partial charge is 0.315 e. The number of hydrogen-bond acceptors (Lipinski definition) is 3. The van der Waals surface area contributed by atoms with E-state index in [1.54, 1.807) is 6.07 Å². The van der Waals surface area contributed by atoms with Crippen molar-refractivity contribution in [2.24, 2.45) is 0 Å². The number of fused-ring (bicyclic) bond motifs is 1. The Morgan fingerprint density at radius 2 is 2.40 bits per heavy atom. The van der Waals surface area contributed by atoms with Crippen LogP contribution < -0.4 is 15.4 Å². The van der Waals surface area contributed by atoms with Gasteiger partial charge in [-0.15, -0.1) is 0 Å². The number of carbonyl (C=O) groups excluding carboxylic acids is 1. The van der Waals surface area contributed by atoms with Gasteiger partial charge in [0.1, 0.15) is 18.2 Å². The van der Waals surface area contributed by atoms with E-state index in [1.807, 2.05) is 6.92 Å². The maximum Gasteiger partial charge on any atom is 0.315 e. The molecule has 1 aromatic rings. The van der Waals surface area contributed by atoms with Crippen LogP contribution in [-0.2, 0) is 0 Å². The Hall–Kier alpha value is -1.34. The predicted molar refractivity (Wildman–Crippen MR) is 75.2 cm³/mol. The van der Waals surface area contributed by atoms with Gasteiger partial charge in [-0.25, -0.2) is 9.18 Å². The van der Waals surface area contributed by atoms with E-state index in [-0.39, 0.29) is 31.3 Å². The van der Waals surface area contributed by atoms with E-state index in [9.17, 15) is 9.18 Å². The second-order valence-corrected chi connectivity index (χ2v) is 5.43. The van der Waals surface area contributed by atoms with Crippen molar-refractivity contribution in [2.45, 2.75) is 25.4 Å². The quantitative estimate of drug-likeness (QED) is 0.781. The summed E-state index contributed by atoms with van der Waals surface area (Å²) in [5.41, 5.74) is 0.727. The van der Waals surface area contributed by atoms with Gasteiger partial charge >= 0.3 is 6.03 Å². The van der Waals surface area contributed by atoms with Crippen molar-refractivity contribution >= 4 is 22.0 Å². The van der Waals surface area contributed by atoms with Gasteiger partial charge in [0.2, 0.25) is 0 Å². The first-order chi connectivity index (χ1) is 9.55. The summed E-state index contributed by atoms with van der Waals surface area (Å²) >= 11 is 3.11. The van der Waals surface area contributed by atoms with E-state index in [2.05, 4.69) is 26.6 Å². The molecular weight excluding hydrogens is 331 g/mol. The van der Waals surface area contributed by atoms with Gasteiger partial charge in [-0.05, 0) is 28.4 Å². The number of urea groups is 1. The second-order valence-electron chi connectivity index (χ2n) is 4.57. The van der Waals surface area contributed by atoms with Crippen molar-refractivity contribution in [2.75, 3.05) is 13.2 Å². The maximum absolute atomic E-state index is 13.4. The molecule has 5 nitrogen and oxygen atoms in total. The van der Waals surface area contributed by atoms with E-state index >= 15 is 0 Å². The van der Waals surface area contributed by atoms with Gasteiger partial charge < -0.3 is 20.5 Å². The van der Waals surface area contributed by atoms with E-state index < -0.39 is 5.82 Å². The SMILES string of the molecule is CC[C@@H](CO)NC(=O)N[C@@H]1COc2cc(F)c(Br)cc21. The maximum atomic E-state index is 13.4. The summed E-state index contributed by atoms with van der Waals surface area (Å²) in [6.07, 6.45) is 0.637. The number of hydrogen-bond donors (Lipinski definition) is 3. The average Bonchev–Trinajstić information content (AvgIpc) is 2.79. The number of benzene rings is 1. The minimum atomic E-state index is -0.403. The van der Waals surface area contributed by atoms with Crippen molar-refractivity contribution < 1.29 is 19.0 Å². The first-order valence-electron chi connectivity index (χ1n) is 6.34. The molecule has 0 radical (unpaired) electrons. The summed E-state index contributed by atoms with van der Waals surface area (Å²) in [7, 11) is 0. The van der Waals surface area contributed by atoms with Crippen LogP contribution in [0, 0.1) is 5.82 Å². The van der Waals surface area contributed by atoms with Gasteiger partial charge in [0.15, 0.2) is 0 Å². The van der Waals surface area contributed by atoms with Gasteiger partial charge in [-0.1, -0.05) is 6.92 Å². The lowest BCUT2D eigenvalue weighted by Crippen LogP contribution is -2.45. The lowest BCUT2D eigenvalue weighted by molar-refractivity contribution is 0.209. The zero-order chi connectivity index (χ0) is 14.7. The molecule has 1 aromatic carbocycles. The van der Waals surface area contributed by atoms with Gasteiger partial charge in [0.05, 0.1) is 23.2 Å². The third-order valence-corrected chi connectivity index (χ3v) is 3.80. The fourth-order valence-corrected chi connectivity index (χ4v) is 2.35. The lowest BCUT2D eigenvalue weighted by atomic mass is 10.1. The van der Waals surface area contributed by atoms with E-state index in [0.717, 1.165) is 5.56 Å². The molecule has 0 spiro atoms. The molecule has 1 aliphatic rings. The predicted octanol–water partition coefficient (Wildman–Crippen LogP) is 2.09. The first-order valence-corrected chi connectivity index (χ1v) is 7.14. The number of aliphatic hydroxyl groups excluding tert-OH is 1. The molecule has 0 aliphatic carbocycles. The van der Waals surface area contributed by atoms with Crippen LogP contribution in [0.1, 0.15) is 24.9 Å². The first kappa shape index (κ1) is 15.1. The summed E-state index contributed by atoms with van der Waals surface area (Å²) < 4.78 is 19.1. The molecule has 20 heavy (non-hydrogen) atoms. The molecular formula is C13H16BrFN2O3. The summed E-state index contributed by atoms with van der Waals surface area (Å²) in [5.74, 6) is 0.0328. The van der Waals surface area contributed by atoms with E-state index in [0.29, 0.717) is 16.6 Å². The van der Waals surface area contributed by atoms with Crippen molar-refractivity contribution in [3.63, 3.8) is 0 Å². The van der Waals surface area contributed by atoms with Gasteiger partial charge in [-0.3, -0.25) is 0 Å². The summed E-state index contributed by atoms with van der Waals surface area (Å²) in [6.45, 7) is 2.02. The molecule has 0 fully saturated rings. The zero-order valence-electron chi connectivity index (χ0n) is 11.0. The Kier molecular flexibility index (Phi) is 4.82. The topological polar surface area (TPSA) is 70.6 Å². The monoisotopic (exact) mass is 346 g/mol. The van der Waals surface area contributed by atoms with Crippen LogP contribution in [0.4, 0.5) is 9.18 Å². The average molecular weight is 347 g/mol. The van der Waals surface area contributed by atoms with Crippen LogP contribution in [0.15, 0.2) is 16.6 Å². The molecule has 1 aliphatic heterocycles. The van der Waals surface area contributed by atoms with Crippen molar-refractivity contribution in [1.29, 1.82) is 0 Å². The molecule has 2 atom stereocenters. The number of rotatable bonds is 4. The van der Waals surface area contributed by atoms with Crippen molar-refractivity contribution in [3.8, 4) is 5.75 Å². The highest BCUT2D eigenvalue weighted by Crippen LogP contribution is 2.35. The molecule has 0 saturated heterocycles. The van der Waals surface area contributed by atoms with E-state index in [4.69, 9.17) is 9.84 Å². The van der Waals surface area contributed by atoms with Crippen LogP contribution in [0.5, 0.6) is 5.75 Å². The number of halogens is 2. The number of nitrogens with one attached hydrogen (secondary N) is 2. The summed E-state index contributed by atoms with van der Waals surface area (Å²) in [6, 6.07) is 1.90. The largest absolute Gasteiger partial charge is 0.491 e. The van der Waals surface area contributed by atoms with Crippen LogP contribution in [0.2, 0.25) is 0 Å². The van der Waals surface area contributed by atoms with Crippen LogP contribution in [0.25, 0.3) is 0 Å². The van der Waals surface area contributed by atoms with Crippen LogP contribution in [-0.4, -0.2) is 30.4 Å². The minimum absolute atomic E-state index is 0.113. The van der Waals surface area contributed by atoms with E-state index in [1.165, 1.54) is 6.07 Å². The molecule has 1 heterocycles. The van der Waals surface area contributed by atoms with Gasteiger partial charge in [0, 0.05) is 11.6 Å². The Labute approximate surface area is 124 Å². The Morgan fingerprint density at radius 3 is 3.05 bits per heavy atom. The standard InChI is InChI=1S/C13H16BrFN2O3/c1-2-7(5-18)16-13(19)17-11-6-20-12-4-10(15)9(14)3-8(11)12/h3-4,7,11,18H,2,5-6H2,1H3,(H2,16,17,19)/t7-,11+/m0/s1. The second kappa shape index (κ2) is 6.41. The van der Waals surface area contributed by atoms with Crippen molar-refractivity contribution in [1.82, 2.24) is 10.6 Å². The third kappa shape index (κ3) is 3.21. The van der Waals surface area contributed by atoms with Gasteiger partial charge in [-0.2, -0.15) is 0 Å². The zero-order valence-corrected chi connectivity index (χ0v) is 12.5. The number of amides is 2. The molecule has 0 saturated carbocycles. The summed E-state index contributed by atoms with van der Waals surface area (Å²) in [5, 5.41) is 14.5. The lowest BCUT2D eigenvalue weighted by Gasteiger charge is -2.17. The molecule has 3 N–H and O–H groups in total. The molecule has 2 amide bonds. The molecule has 0 aromatic heterocycles. The summed E-state index contributed by atoms with van der Waals surface area (Å²) in [4.78, 5) is 11.8. The Morgan fingerprint density at radius 1 is 1.65 bits per heavy atom. The highest BCUT2D eigenvalue weighted by molar-refractivity contribution is 9.10. The molecule has 0 bridgehead atoms. The molecule has 7 heteroatoms. The number of carbonyl (C=O) groups is 1. The number of aliphatic hydroxyl groups is 1. The molecule has 0 unspecified atom stereocenters. The minimum Gasteiger partial charge on any atom is -0.491 e. The Bertz CT molecular complexity index is 509. The van der Waals surface area contributed by atoms with Gasteiger partial charge in [0.25, 0.3) is 0 Å². The fraction of sp³-hybridized carbons (Fsp3) is 0.462. The normalized spacial score (nSPS) is 18.1. The van der Waals surface area contributed by atoms with Crippen LogP contribution in [0.3, 0.4) is 0 Å².